The Labute approximate surface area is 203 Å². The van der Waals surface area contributed by atoms with E-state index < -0.39 is 0 Å². The zero-order chi connectivity index (χ0) is 23.7. The maximum atomic E-state index is 13.0. The van der Waals surface area contributed by atoms with Crippen molar-refractivity contribution < 1.29 is 14.3 Å². The minimum Gasteiger partial charge on any atom is -0.497 e. The molecule has 1 aromatic heterocycles. The lowest BCUT2D eigenvalue weighted by Gasteiger charge is -2.20. The monoisotopic (exact) mass is 475 g/mol. The second kappa shape index (κ2) is 9.39. The fourth-order valence-corrected chi connectivity index (χ4v) is 4.74. The van der Waals surface area contributed by atoms with E-state index in [1.807, 2.05) is 72.5 Å². The third-order valence-corrected chi connectivity index (χ3v) is 6.76. The number of carbonyl (C=O) groups is 1. The van der Waals surface area contributed by atoms with E-state index in [9.17, 15) is 4.79 Å². The van der Waals surface area contributed by atoms with Gasteiger partial charge in [0, 0.05) is 29.6 Å². The minimum atomic E-state index is -0.0146. The first-order valence-electron chi connectivity index (χ1n) is 11.3. The zero-order valence-corrected chi connectivity index (χ0v) is 20.0. The van der Waals surface area contributed by atoms with Crippen LogP contribution >= 0.6 is 11.6 Å². The maximum absolute atomic E-state index is 13.0. The average Bonchev–Trinajstić information content (AvgIpc) is 3.42. The molecule has 0 radical (unpaired) electrons. The first-order chi connectivity index (χ1) is 16.5. The maximum Gasteiger partial charge on any atom is 0.227 e. The highest BCUT2D eigenvalue weighted by Crippen LogP contribution is 2.36. The molecule has 0 aliphatic carbocycles. The van der Waals surface area contributed by atoms with Crippen molar-refractivity contribution in [1.29, 1.82) is 0 Å². The molecular weight excluding hydrogens is 450 g/mol. The summed E-state index contributed by atoms with van der Waals surface area (Å²) in [6.07, 6.45) is 0.411. The lowest BCUT2D eigenvalue weighted by Crippen LogP contribution is -2.25. The molecule has 34 heavy (non-hydrogen) atoms. The van der Waals surface area contributed by atoms with Crippen molar-refractivity contribution in [2.75, 3.05) is 25.2 Å². The molecule has 1 saturated heterocycles. The molecule has 1 aliphatic rings. The highest BCUT2D eigenvalue weighted by molar-refractivity contribution is 6.31. The molecule has 3 aromatic carbocycles. The summed E-state index contributed by atoms with van der Waals surface area (Å²) < 4.78 is 13.4. The summed E-state index contributed by atoms with van der Waals surface area (Å²) in [5.74, 6) is 2.56. The zero-order valence-electron chi connectivity index (χ0n) is 19.2. The van der Waals surface area contributed by atoms with Crippen molar-refractivity contribution in [3.05, 3.63) is 83.1 Å². The third kappa shape index (κ3) is 4.21. The predicted octanol–water partition coefficient (Wildman–Crippen LogP) is 5.61. The number of fused-ring (bicyclic) bond motifs is 1. The van der Waals surface area contributed by atoms with Gasteiger partial charge in [-0.05, 0) is 61.0 Å². The summed E-state index contributed by atoms with van der Waals surface area (Å²) in [4.78, 5) is 19.8. The molecule has 1 atom stereocenters. The lowest BCUT2D eigenvalue weighted by atomic mass is 10.1. The van der Waals surface area contributed by atoms with E-state index in [4.69, 9.17) is 26.1 Å². The number of imidazole rings is 1. The van der Waals surface area contributed by atoms with Crippen molar-refractivity contribution >= 4 is 34.2 Å². The minimum absolute atomic E-state index is 0.0146. The number of hydrogen-bond acceptors (Lipinski definition) is 4. The van der Waals surface area contributed by atoms with Crippen LogP contribution in [-0.2, 0) is 11.3 Å². The van der Waals surface area contributed by atoms with Crippen LogP contribution in [0.5, 0.6) is 11.5 Å². The van der Waals surface area contributed by atoms with E-state index in [0.717, 1.165) is 39.6 Å². The first kappa shape index (κ1) is 22.3. The smallest absolute Gasteiger partial charge is 0.227 e. The number of methoxy groups -OCH3 is 1. The van der Waals surface area contributed by atoms with Gasteiger partial charge in [0.2, 0.25) is 5.91 Å². The molecule has 2 heterocycles. The second-order valence-corrected chi connectivity index (χ2v) is 8.83. The van der Waals surface area contributed by atoms with Gasteiger partial charge in [-0.25, -0.2) is 4.98 Å². The van der Waals surface area contributed by atoms with Crippen LogP contribution in [-0.4, -0.2) is 35.7 Å². The quantitative estimate of drug-likeness (QED) is 0.349. The summed E-state index contributed by atoms with van der Waals surface area (Å²) in [6, 6.07) is 21.3. The standard InChI is InChI=1S/C27H26ClN3O3/c1-18-22(28)6-5-9-24(18)31-17-19(16-26(31)32)27-29-23-7-3-4-8-25(23)30(27)14-15-34-21-12-10-20(33-2)11-13-21/h3-13,19H,14-17H2,1-2H3/t19-/m0/s1. The number of para-hydroxylation sites is 2. The summed E-state index contributed by atoms with van der Waals surface area (Å²) in [6.45, 7) is 3.63. The molecule has 1 aliphatic heterocycles. The van der Waals surface area contributed by atoms with Crippen LogP contribution < -0.4 is 14.4 Å². The Morgan fingerprint density at radius 2 is 1.79 bits per heavy atom. The number of ether oxygens (including phenoxy) is 2. The normalized spacial score (nSPS) is 15.8. The molecule has 1 fully saturated rings. The number of rotatable bonds is 7. The van der Waals surface area contributed by atoms with Crippen molar-refractivity contribution in [2.45, 2.75) is 25.8 Å². The van der Waals surface area contributed by atoms with E-state index in [1.165, 1.54) is 0 Å². The van der Waals surface area contributed by atoms with Crippen molar-refractivity contribution in [2.24, 2.45) is 0 Å². The SMILES string of the molecule is COc1ccc(OCCn2c([C@H]3CC(=O)N(c4cccc(Cl)c4C)C3)nc3ccccc32)cc1. The molecule has 5 rings (SSSR count). The Kier molecular flexibility index (Phi) is 6.16. The molecule has 1 amide bonds. The van der Waals surface area contributed by atoms with E-state index >= 15 is 0 Å². The molecule has 7 heteroatoms. The highest BCUT2D eigenvalue weighted by Gasteiger charge is 2.35. The summed E-state index contributed by atoms with van der Waals surface area (Å²) in [7, 11) is 1.64. The van der Waals surface area contributed by atoms with E-state index in [0.29, 0.717) is 31.1 Å². The van der Waals surface area contributed by atoms with Gasteiger partial charge >= 0.3 is 0 Å². The fourth-order valence-electron chi connectivity index (χ4n) is 4.57. The van der Waals surface area contributed by atoms with Crippen molar-refractivity contribution in [3.63, 3.8) is 0 Å². The number of carbonyl (C=O) groups excluding carboxylic acids is 1. The third-order valence-electron chi connectivity index (χ3n) is 6.35. The second-order valence-electron chi connectivity index (χ2n) is 8.42. The fraction of sp³-hybridized carbons (Fsp3) is 0.259. The molecule has 174 valence electrons. The number of benzene rings is 3. The number of aromatic nitrogens is 2. The highest BCUT2D eigenvalue weighted by atomic mass is 35.5. The van der Waals surface area contributed by atoms with E-state index in [1.54, 1.807) is 7.11 Å². The molecule has 0 spiro atoms. The molecule has 0 unspecified atom stereocenters. The van der Waals surface area contributed by atoms with Crippen LogP contribution in [0.3, 0.4) is 0 Å². The van der Waals surface area contributed by atoms with Gasteiger partial charge in [0.05, 0.1) is 24.7 Å². The first-order valence-corrected chi connectivity index (χ1v) is 11.7. The Hall–Kier alpha value is -3.51. The van der Waals surface area contributed by atoms with E-state index in [2.05, 4.69) is 10.6 Å². The van der Waals surface area contributed by atoms with Gasteiger partial charge in [0.1, 0.15) is 23.9 Å². The molecule has 0 bridgehead atoms. The average molecular weight is 476 g/mol. The topological polar surface area (TPSA) is 56.6 Å². The van der Waals surface area contributed by atoms with Gasteiger partial charge in [-0.15, -0.1) is 0 Å². The van der Waals surface area contributed by atoms with Gasteiger partial charge in [-0.1, -0.05) is 29.8 Å². The Bertz CT molecular complexity index is 1330. The number of nitrogens with zero attached hydrogens (tertiary/aromatic N) is 3. The molecule has 0 saturated carbocycles. The Balaban J connectivity index is 1.39. The van der Waals surface area contributed by atoms with Crippen LogP contribution in [0.25, 0.3) is 11.0 Å². The van der Waals surface area contributed by atoms with Gasteiger partial charge in [-0.2, -0.15) is 0 Å². The summed E-state index contributed by atoms with van der Waals surface area (Å²) >= 11 is 6.32. The largest absolute Gasteiger partial charge is 0.497 e. The van der Waals surface area contributed by atoms with E-state index in [-0.39, 0.29) is 11.8 Å². The number of hydrogen-bond donors (Lipinski definition) is 0. The number of amides is 1. The van der Waals surface area contributed by atoms with Crippen LogP contribution in [0.1, 0.15) is 23.7 Å². The molecule has 0 N–H and O–H groups in total. The van der Waals surface area contributed by atoms with Gasteiger partial charge in [-0.3, -0.25) is 4.79 Å². The number of halogens is 1. The van der Waals surface area contributed by atoms with Crippen molar-refractivity contribution in [3.8, 4) is 11.5 Å². The lowest BCUT2D eigenvalue weighted by molar-refractivity contribution is -0.117. The van der Waals surface area contributed by atoms with Crippen molar-refractivity contribution in [1.82, 2.24) is 9.55 Å². The predicted molar refractivity (Wildman–Crippen MR) is 134 cm³/mol. The Morgan fingerprint density at radius 3 is 2.59 bits per heavy atom. The van der Waals surface area contributed by atoms with Crippen LogP contribution in [0.4, 0.5) is 5.69 Å². The molecule has 6 nitrogen and oxygen atoms in total. The van der Waals surface area contributed by atoms with Gasteiger partial charge in [0.15, 0.2) is 0 Å². The molecule has 4 aromatic rings. The Morgan fingerprint density at radius 1 is 1.03 bits per heavy atom. The van der Waals surface area contributed by atoms with Crippen LogP contribution in [0.2, 0.25) is 5.02 Å². The van der Waals surface area contributed by atoms with Gasteiger partial charge in [0.25, 0.3) is 0 Å². The number of anilines is 1. The molecular formula is C27H26ClN3O3. The summed E-state index contributed by atoms with van der Waals surface area (Å²) in [5, 5.41) is 0.664. The van der Waals surface area contributed by atoms with Gasteiger partial charge < -0.3 is 18.9 Å². The van der Waals surface area contributed by atoms with Crippen LogP contribution in [0.15, 0.2) is 66.7 Å². The van der Waals surface area contributed by atoms with Crippen LogP contribution in [0, 0.1) is 6.92 Å². The summed E-state index contributed by atoms with van der Waals surface area (Å²) in [5.41, 5.74) is 3.75.